The Morgan fingerprint density at radius 2 is 2.29 bits per heavy atom. The summed E-state index contributed by atoms with van der Waals surface area (Å²) in [5.41, 5.74) is 0.341. The van der Waals surface area contributed by atoms with Gasteiger partial charge in [-0.1, -0.05) is 34.1 Å². The van der Waals surface area contributed by atoms with E-state index in [0.29, 0.717) is 10.9 Å². The number of hydrogen-bond donors (Lipinski definition) is 1. The van der Waals surface area contributed by atoms with E-state index in [1.54, 1.807) is 12.2 Å². The van der Waals surface area contributed by atoms with Crippen LogP contribution in [0.25, 0.3) is 6.08 Å². The molecule has 0 aliphatic carbocycles. The maximum atomic E-state index is 13.2. The zero-order valence-electron chi connectivity index (χ0n) is 7.21. The molecule has 0 spiro atoms. The van der Waals surface area contributed by atoms with E-state index in [0.717, 1.165) is 6.07 Å². The van der Waals surface area contributed by atoms with Gasteiger partial charge in [-0.05, 0) is 12.1 Å². The van der Waals surface area contributed by atoms with E-state index >= 15 is 0 Å². The van der Waals surface area contributed by atoms with Crippen LogP contribution in [0.2, 0.25) is 0 Å². The molecule has 0 heterocycles. The number of carboxylic acid groups (broad SMARTS) is 1. The molecular formula is C10H8BrFO2. The Hall–Kier alpha value is -1.16. The van der Waals surface area contributed by atoms with E-state index in [2.05, 4.69) is 15.9 Å². The summed E-state index contributed by atoms with van der Waals surface area (Å²) < 4.78 is 13.2. The van der Waals surface area contributed by atoms with Crippen LogP contribution in [0.15, 0.2) is 24.3 Å². The number of allylic oxidation sites excluding steroid dienone is 1. The Balaban J connectivity index is 3.01. The molecule has 1 aromatic rings. The highest BCUT2D eigenvalue weighted by atomic mass is 79.9. The van der Waals surface area contributed by atoms with Gasteiger partial charge in [0.05, 0.1) is 5.56 Å². The average molecular weight is 259 g/mol. The summed E-state index contributed by atoms with van der Waals surface area (Å²) in [4.78, 5) is 10.5. The Kier molecular flexibility index (Phi) is 3.83. The molecule has 74 valence electrons. The van der Waals surface area contributed by atoms with Crippen LogP contribution in [-0.4, -0.2) is 16.4 Å². The average Bonchev–Trinajstić information content (AvgIpc) is 2.15. The second-order valence-electron chi connectivity index (χ2n) is 2.60. The quantitative estimate of drug-likeness (QED) is 0.847. The van der Waals surface area contributed by atoms with Crippen molar-refractivity contribution in [2.24, 2.45) is 0 Å². The number of carbonyl (C=O) groups is 1. The van der Waals surface area contributed by atoms with Crippen LogP contribution in [0, 0.1) is 5.82 Å². The SMILES string of the molecule is O=C(O)c1ccc(C=CCBr)c(F)c1. The van der Waals surface area contributed by atoms with Crippen molar-refractivity contribution in [3.8, 4) is 0 Å². The number of benzene rings is 1. The van der Waals surface area contributed by atoms with Gasteiger partial charge in [-0.25, -0.2) is 9.18 Å². The topological polar surface area (TPSA) is 37.3 Å². The van der Waals surface area contributed by atoms with Crippen LogP contribution in [0.4, 0.5) is 4.39 Å². The van der Waals surface area contributed by atoms with Gasteiger partial charge in [-0.2, -0.15) is 0 Å². The van der Waals surface area contributed by atoms with Crippen molar-refractivity contribution in [1.29, 1.82) is 0 Å². The lowest BCUT2D eigenvalue weighted by Crippen LogP contribution is -1.97. The van der Waals surface area contributed by atoms with E-state index in [1.807, 2.05) is 0 Å². The summed E-state index contributed by atoms with van der Waals surface area (Å²) in [6.07, 6.45) is 3.33. The summed E-state index contributed by atoms with van der Waals surface area (Å²) in [5, 5.41) is 9.22. The molecule has 0 saturated carbocycles. The third-order valence-corrected chi connectivity index (χ3v) is 2.01. The van der Waals surface area contributed by atoms with Crippen LogP contribution in [0.3, 0.4) is 0 Å². The molecule has 1 aromatic carbocycles. The van der Waals surface area contributed by atoms with Crippen molar-refractivity contribution in [3.63, 3.8) is 0 Å². The fourth-order valence-corrected chi connectivity index (χ4v) is 1.15. The molecule has 0 radical (unpaired) electrons. The van der Waals surface area contributed by atoms with Gasteiger partial charge in [0.15, 0.2) is 0 Å². The highest BCUT2D eigenvalue weighted by Crippen LogP contribution is 2.12. The van der Waals surface area contributed by atoms with Crippen molar-refractivity contribution >= 4 is 28.0 Å². The number of carboxylic acids is 1. The summed E-state index contributed by atoms with van der Waals surface area (Å²) in [7, 11) is 0. The maximum Gasteiger partial charge on any atom is 0.335 e. The zero-order chi connectivity index (χ0) is 10.6. The Morgan fingerprint density at radius 3 is 2.79 bits per heavy atom. The van der Waals surface area contributed by atoms with Gasteiger partial charge in [0.1, 0.15) is 5.82 Å². The number of aromatic carboxylic acids is 1. The number of halogens is 2. The van der Waals surface area contributed by atoms with E-state index in [1.165, 1.54) is 12.1 Å². The predicted octanol–water partition coefficient (Wildman–Crippen LogP) is 2.93. The second-order valence-corrected chi connectivity index (χ2v) is 3.25. The normalized spacial score (nSPS) is 10.7. The minimum absolute atomic E-state index is 0.0431. The van der Waals surface area contributed by atoms with Crippen LogP contribution in [-0.2, 0) is 0 Å². The predicted molar refractivity (Wildman–Crippen MR) is 56.2 cm³/mol. The minimum atomic E-state index is -1.13. The molecule has 1 N–H and O–H groups in total. The number of alkyl halides is 1. The largest absolute Gasteiger partial charge is 0.478 e. The van der Waals surface area contributed by atoms with Gasteiger partial charge in [-0.3, -0.25) is 0 Å². The van der Waals surface area contributed by atoms with E-state index < -0.39 is 11.8 Å². The highest BCUT2D eigenvalue weighted by Gasteiger charge is 2.05. The smallest absolute Gasteiger partial charge is 0.335 e. The van der Waals surface area contributed by atoms with Crippen LogP contribution < -0.4 is 0 Å². The summed E-state index contributed by atoms with van der Waals surface area (Å²) in [6, 6.07) is 3.83. The van der Waals surface area contributed by atoms with E-state index in [9.17, 15) is 9.18 Å². The third-order valence-electron chi connectivity index (χ3n) is 1.63. The molecule has 0 aliphatic heterocycles. The molecule has 0 saturated heterocycles. The lowest BCUT2D eigenvalue weighted by molar-refractivity contribution is 0.0696. The van der Waals surface area contributed by atoms with Crippen molar-refractivity contribution < 1.29 is 14.3 Å². The minimum Gasteiger partial charge on any atom is -0.478 e. The third kappa shape index (κ3) is 2.67. The van der Waals surface area contributed by atoms with Crippen molar-refractivity contribution in [2.75, 3.05) is 5.33 Å². The van der Waals surface area contributed by atoms with E-state index in [-0.39, 0.29) is 5.56 Å². The number of hydrogen-bond acceptors (Lipinski definition) is 1. The Labute approximate surface area is 89.2 Å². The molecule has 4 heteroatoms. The van der Waals surface area contributed by atoms with Crippen molar-refractivity contribution in [3.05, 3.63) is 41.2 Å². The molecule has 0 atom stereocenters. The maximum absolute atomic E-state index is 13.2. The standard InChI is InChI=1S/C10H8BrFO2/c11-5-1-2-7-3-4-8(10(13)14)6-9(7)12/h1-4,6H,5H2,(H,13,14). The first-order valence-corrected chi connectivity index (χ1v) is 5.02. The lowest BCUT2D eigenvalue weighted by atomic mass is 10.1. The molecule has 0 fully saturated rings. The molecule has 14 heavy (non-hydrogen) atoms. The monoisotopic (exact) mass is 258 g/mol. The van der Waals surface area contributed by atoms with Gasteiger partial charge in [0.25, 0.3) is 0 Å². The van der Waals surface area contributed by atoms with Crippen LogP contribution in [0.1, 0.15) is 15.9 Å². The Morgan fingerprint density at radius 1 is 1.57 bits per heavy atom. The van der Waals surface area contributed by atoms with Crippen molar-refractivity contribution in [2.45, 2.75) is 0 Å². The lowest BCUT2D eigenvalue weighted by Gasteiger charge is -1.98. The van der Waals surface area contributed by atoms with Gasteiger partial charge < -0.3 is 5.11 Å². The molecule has 0 aromatic heterocycles. The Bertz CT molecular complexity index is 374. The second kappa shape index (κ2) is 4.91. The fourth-order valence-electron chi connectivity index (χ4n) is 0.967. The zero-order valence-corrected chi connectivity index (χ0v) is 8.79. The van der Waals surface area contributed by atoms with Crippen LogP contribution in [0.5, 0.6) is 0 Å². The first kappa shape index (κ1) is 10.9. The molecule has 1 rings (SSSR count). The molecule has 0 amide bonds. The molecule has 0 aliphatic rings. The summed E-state index contributed by atoms with van der Waals surface area (Å²) in [5.74, 6) is -1.65. The molecular weight excluding hydrogens is 251 g/mol. The van der Waals surface area contributed by atoms with E-state index in [4.69, 9.17) is 5.11 Å². The van der Waals surface area contributed by atoms with Gasteiger partial charge >= 0.3 is 5.97 Å². The van der Waals surface area contributed by atoms with Crippen molar-refractivity contribution in [1.82, 2.24) is 0 Å². The first-order valence-electron chi connectivity index (χ1n) is 3.90. The molecule has 0 bridgehead atoms. The van der Waals surface area contributed by atoms with Crippen LogP contribution >= 0.6 is 15.9 Å². The number of rotatable bonds is 3. The van der Waals surface area contributed by atoms with Gasteiger partial charge in [0, 0.05) is 10.9 Å². The fraction of sp³-hybridized carbons (Fsp3) is 0.100. The van der Waals surface area contributed by atoms with Gasteiger partial charge in [-0.15, -0.1) is 0 Å². The summed E-state index contributed by atoms with van der Waals surface area (Å²) >= 11 is 3.17. The highest BCUT2D eigenvalue weighted by molar-refractivity contribution is 9.09. The molecule has 2 nitrogen and oxygen atoms in total. The molecule has 0 unspecified atom stereocenters. The van der Waals surface area contributed by atoms with Gasteiger partial charge in [0.2, 0.25) is 0 Å². The summed E-state index contributed by atoms with van der Waals surface area (Å²) in [6.45, 7) is 0. The first-order chi connectivity index (χ1) is 6.65.